The molecule has 0 fully saturated rings. The Balaban J connectivity index is 2.12. The number of hydrogen-bond acceptors (Lipinski definition) is 2. The molecule has 2 aromatic heterocycles. The summed E-state index contributed by atoms with van der Waals surface area (Å²) in [6, 6.07) is 10.6. The third kappa shape index (κ3) is 2.93. The van der Waals surface area contributed by atoms with Crippen LogP contribution < -0.4 is 0 Å². The summed E-state index contributed by atoms with van der Waals surface area (Å²) in [6.07, 6.45) is 2.06. The molecule has 3 aromatic rings. The Morgan fingerprint density at radius 1 is 1.09 bits per heavy atom. The predicted molar refractivity (Wildman–Crippen MR) is 94.2 cm³/mol. The van der Waals surface area contributed by atoms with Crippen molar-refractivity contribution in [3.05, 3.63) is 57.4 Å². The Morgan fingerprint density at radius 3 is 2.50 bits per heavy atom. The van der Waals surface area contributed by atoms with Crippen LogP contribution in [0.15, 0.2) is 34.8 Å². The van der Waals surface area contributed by atoms with Gasteiger partial charge in [-0.2, -0.15) is 0 Å². The molecule has 0 spiro atoms. The first-order valence-electron chi connectivity index (χ1n) is 7.66. The van der Waals surface area contributed by atoms with E-state index in [0.29, 0.717) is 0 Å². The van der Waals surface area contributed by atoms with E-state index in [0.717, 1.165) is 46.5 Å². The van der Waals surface area contributed by atoms with Gasteiger partial charge in [0.1, 0.15) is 11.3 Å². The van der Waals surface area contributed by atoms with E-state index >= 15 is 0 Å². The van der Waals surface area contributed by atoms with Crippen molar-refractivity contribution in [3.63, 3.8) is 0 Å². The van der Waals surface area contributed by atoms with Crippen molar-refractivity contribution in [2.45, 2.75) is 40.2 Å². The minimum atomic E-state index is 0.814. The zero-order valence-electron chi connectivity index (χ0n) is 13.2. The second-order valence-corrected chi connectivity index (χ2v) is 6.66. The van der Waals surface area contributed by atoms with E-state index in [1.54, 1.807) is 0 Å². The van der Waals surface area contributed by atoms with Crippen LogP contribution in [0.2, 0.25) is 0 Å². The van der Waals surface area contributed by atoms with Crippen LogP contribution in [0, 0.1) is 13.8 Å². The molecule has 2 heterocycles. The van der Waals surface area contributed by atoms with Crippen molar-refractivity contribution in [2.24, 2.45) is 0 Å². The van der Waals surface area contributed by atoms with Gasteiger partial charge in [-0.05, 0) is 49.6 Å². The highest BCUT2D eigenvalue weighted by Crippen LogP contribution is 2.22. The zero-order valence-corrected chi connectivity index (χ0v) is 14.8. The average molecular weight is 358 g/mol. The standard InChI is InChI=1S/C18H20BrN3/c1-4-5-16-21-17-12(2)10-13(3)20-18(17)22(16)11-14-6-8-15(19)9-7-14/h6-10H,4-5,11H2,1-3H3. The average Bonchev–Trinajstić information content (AvgIpc) is 2.80. The van der Waals surface area contributed by atoms with E-state index in [2.05, 4.69) is 64.7 Å². The van der Waals surface area contributed by atoms with Gasteiger partial charge in [0.05, 0.1) is 6.54 Å². The highest BCUT2D eigenvalue weighted by molar-refractivity contribution is 9.10. The molecule has 22 heavy (non-hydrogen) atoms. The number of rotatable bonds is 4. The molecule has 0 atom stereocenters. The van der Waals surface area contributed by atoms with Crippen LogP contribution in [0.5, 0.6) is 0 Å². The summed E-state index contributed by atoms with van der Waals surface area (Å²) >= 11 is 3.49. The number of benzene rings is 1. The van der Waals surface area contributed by atoms with Crippen LogP contribution in [0.4, 0.5) is 0 Å². The predicted octanol–water partition coefficient (Wildman–Crippen LogP) is 4.81. The highest BCUT2D eigenvalue weighted by Gasteiger charge is 2.14. The maximum absolute atomic E-state index is 4.85. The molecule has 1 aromatic carbocycles. The molecule has 0 aliphatic rings. The Bertz CT molecular complexity index is 803. The maximum Gasteiger partial charge on any atom is 0.160 e. The van der Waals surface area contributed by atoms with Crippen LogP contribution in [-0.2, 0) is 13.0 Å². The van der Waals surface area contributed by atoms with E-state index in [4.69, 9.17) is 9.97 Å². The lowest BCUT2D eigenvalue weighted by molar-refractivity contribution is 0.716. The number of nitrogens with zero attached hydrogens (tertiary/aromatic N) is 3. The van der Waals surface area contributed by atoms with Gasteiger partial charge in [-0.3, -0.25) is 0 Å². The minimum Gasteiger partial charge on any atom is -0.308 e. The summed E-state index contributed by atoms with van der Waals surface area (Å²) < 4.78 is 3.37. The number of fused-ring (bicyclic) bond motifs is 1. The smallest absolute Gasteiger partial charge is 0.160 e. The number of imidazole rings is 1. The number of aromatic nitrogens is 3. The molecule has 3 rings (SSSR count). The molecule has 4 heteroatoms. The zero-order chi connectivity index (χ0) is 15.7. The summed E-state index contributed by atoms with van der Waals surface area (Å²) in [6.45, 7) is 7.16. The first-order valence-corrected chi connectivity index (χ1v) is 8.45. The van der Waals surface area contributed by atoms with Crippen molar-refractivity contribution in [1.29, 1.82) is 0 Å². The quantitative estimate of drug-likeness (QED) is 0.670. The molecule has 0 amide bonds. The first-order chi connectivity index (χ1) is 10.6. The van der Waals surface area contributed by atoms with Crippen LogP contribution in [0.1, 0.15) is 36.0 Å². The number of aryl methyl sites for hydroxylation is 3. The SMILES string of the molecule is CCCc1nc2c(C)cc(C)nc2n1Cc1ccc(Br)cc1. The molecule has 0 aliphatic carbocycles. The second kappa shape index (κ2) is 6.21. The number of halogens is 1. The molecule has 0 N–H and O–H groups in total. The van der Waals surface area contributed by atoms with Crippen molar-refractivity contribution in [1.82, 2.24) is 14.5 Å². The molecular weight excluding hydrogens is 338 g/mol. The normalized spacial score (nSPS) is 11.3. The third-order valence-corrected chi connectivity index (χ3v) is 4.36. The summed E-state index contributed by atoms with van der Waals surface area (Å²) in [5.41, 5.74) is 5.55. The van der Waals surface area contributed by atoms with Crippen molar-refractivity contribution >= 4 is 27.1 Å². The van der Waals surface area contributed by atoms with Gasteiger partial charge in [-0.25, -0.2) is 9.97 Å². The fourth-order valence-electron chi connectivity index (χ4n) is 2.80. The lowest BCUT2D eigenvalue weighted by Gasteiger charge is -2.09. The minimum absolute atomic E-state index is 0.814. The molecule has 0 saturated carbocycles. The van der Waals surface area contributed by atoms with Gasteiger partial charge >= 0.3 is 0 Å². The maximum atomic E-state index is 4.85. The van der Waals surface area contributed by atoms with Gasteiger partial charge in [-0.15, -0.1) is 0 Å². The van der Waals surface area contributed by atoms with Crippen LogP contribution in [0.25, 0.3) is 11.2 Å². The Hall–Kier alpha value is -1.68. The van der Waals surface area contributed by atoms with Gasteiger partial charge in [-0.1, -0.05) is 35.0 Å². The van der Waals surface area contributed by atoms with Crippen LogP contribution in [-0.4, -0.2) is 14.5 Å². The fourth-order valence-corrected chi connectivity index (χ4v) is 3.07. The molecule has 0 bridgehead atoms. The van der Waals surface area contributed by atoms with E-state index in [-0.39, 0.29) is 0 Å². The summed E-state index contributed by atoms with van der Waals surface area (Å²) in [5, 5.41) is 0. The molecule has 0 aliphatic heterocycles. The van der Waals surface area contributed by atoms with Gasteiger partial charge in [0.15, 0.2) is 5.65 Å². The largest absolute Gasteiger partial charge is 0.308 e. The van der Waals surface area contributed by atoms with Gasteiger partial charge in [0.25, 0.3) is 0 Å². The van der Waals surface area contributed by atoms with Crippen LogP contribution >= 0.6 is 15.9 Å². The van der Waals surface area contributed by atoms with Gasteiger partial charge < -0.3 is 4.57 Å². The monoisotopic (exact) mass is 357 g/mol. The Kier molecular flexibility index (Phi) is 4.30. The molecule has 0 unspecified atom stereocenters. The summed E-state index contributed by atoms with van der Waals surface area (Å²) in [4.78, 5) is 9.59. The van der Waals surface area contributed by atoms with Crippen LogP contribution in [0.3, 0.4) is 0 Å². The molecule has 0 saturated heterocycles. The van der Waals surface area contributed by atoms with E-state index in [1.165, 1.54) is 11.1 Å². The molecule has 0 radical (unpaired) electrons. The Morgan fingerprint density at radius 2 is 1.82 bits per heavy atom. The topological polar surface area (TPSA) is 30.7 Å². The lowest BCUT2D eigenvalue weighted by atomic mass is 10.2. The Labute approximate surface area is 139 Å². The van der Waals surface area contributed by atoms with E-state index in [9.17, 15) is 0 Å². The molecule has 3 nitrogen and oxygen atoms in total. The first kappa shape index (κ1) is 15.2. The number of hydrogen-bond donors (Lipinski definition) is 0. The molecule has 114 valence electrons. The van der Waals surface area contributed by atoms with Crippen molar-refractivity contribution in [2.75, 3.05) is 0 Å². The van der Waals surface area contributed by atoms with Crippen molar-refractivity contribution in [3.8, 4) is 0 Å². The van der Waals surface area contributed by atoms with Gasteiger partial charge in [0.2, 0.25) is 0 Å². The third-order valence-electron chi connectivity index (χ3n) is 3.83. The molecular formula is C18H20BrN3. The summed E-state index contributed by atoms with van der Waals surface area (Å²) in [7, 11) is 0. The van der Waals surface area contributed by atoms with Crippen molar-refractivity contribution < 1.29 is 0 Å². The van der Waals surface area contributed by atoms with E-state index in [1.807, 2.05) is 6.92 Å². The van der Waals surface area contributed by atoms with E-state index < -0.39 is 0 Å². The summed E-state index contributed by atoms with van der Waals surface area (Å²) in [5.74, 6) is 1.13. The highest BCUT2D eigenvalue weighted by atomic mass is 79.9. The fraction of sp³-hybridized carbons (Fsp3) is 0.333. The second-order valence-electron chi connectivity index (χ2n) is 5.74. The lowest BCUT2D eigenvalue weighted by Crippen LogP contribution is -2.06. The van der Waals surface area contributed by atoms with Gasteiger partial charge in [0, 0.05) is 16.6 Å². The number of pyridine rings is 1.